The number of amides is 1. The smallest absolute Gasteiger partial charge is 0.225 e. The molecule has 18 heavy (non-hydrogen) atoms. The summed E-state index contributed by atoms with van der Waals surface area (Å²) in [6.45, 7) is 6.13. The number of hydrogen-bond donors (Lipinski definition) is 1. The van der Waals surface area contributed by atoms with Crippen molar-refractivity contribution in [2.75, 3.05) is 26.8 Å². The van der Waals surface area contributed by atoms with E-state index < -0.39 is 0 Å². The van der Waals surface area contributed by atoms with Crippen LogP contribution < -0.4 is 5.73 Å². The van der Waals surface area contributed by atoms with Crippen LogP contribution in [-0.2, 0) is 9.53 Å². The maximum absolute atomic E-state index is 12.4. The lowest BCUT2D eigenvalue weighted by Crippen LogP contribution is -2.42. The van der Waals surface area contributed by atoms with Crippen molar-refractivity contribution >= 4 is 5.91 Å². The van der Waals surface area contributed by atoms with Crippen molar-refractivity contribution in [1.29, 1.82) is 0 Å². The topological polar surface area (TPSA) is 55.6 Å². The number of likely N-dealkylation sites (N-methyl/N-ethyl adjacent to an activating group) is 1. The van der Waals surface area contributed by atoms with Gasteiger partial charge in [0.1, 0.15) is 0 Å². The fourth-order valence-electron chi connectivity index (χ4n) is 2.84. The summed E-state index contributed by atoms with van der Waals surface area (Å²) in [4.78, 5) is 14.3. The lowest BCUT2D eigenvalue weighted by Gasteiger charge is -2.33. The fourth-order valence-corrected chi connectivity index (χ4v) is 2.84. The van der Waals surface area contributed by atoms with Gasteiger partial charge < -0.3 is 15.4 Å². The highest BCUT2D eigenvalue weighted by molar-refractivity contribution is 5.78. The molecular formula is C14H28N2O2. The molecular weight excluding hydrogens is 228 g/mol. The van der Waals surface area contributed by atoms with Crippen molar-refractivity contribution < 1.29 is 9.53 Å². The van der Waals surface area contributed by atoms with Crippen LogP contribution in [0.25, 0.3) is 0 Å². The van der Waals surface area contributed by atoms with Crippen LogP contribution in [-0.4, -0.2) is 43.7 Å². The van der Waals surface area contributed by atoms with Gasteiger partial charge in [-0.3, -0.25) is 4.79 Å². The predicted octanol–water partition coefficient (Wildman–Crippen LogP) is 1.63. The van der Waals surface area contributed by atoms with E-state index in [1.807, 2.05) is 11.8 Å². The molecule has 0 aromatic carbocycles. The molecule has 3 atom stereocenters. The van der Waals surface area contributed by atoms with Crippen molar-refractivity contribution in [1.82, 2.24) is 4.90 Å². The molecule has 1 amide bonds. The largest absolute Gasteiger partial charge is 0.383 e. The number of carbonyl (C=O) groups is 1. The van der Waals surface area contributed by atoms with Gasteiger partial charge in [0.05, 0.1) is 6.61 Å². The third-order valence-electron chi connectivity index (χ3n) is 4.11. The molecule has 0 aromatic rings. The highest BCUT2D eigenvalue weighted by Gasteiger charge is 2.30. The maximum atomic E-state index is 12.4. The summed E-state index contributed by atoms with van der Waals surface area (Å²) >= 11 is 0. The lowest BCUT2D eigenvalue weighted by molar-refractivity contribution is -0.137. The van der Waals surface area contributed by atoms with Crippen LogP contribution in [0.3, 0.4) is 0 Å². The molecule has 0 aromatic heterocycles. The van der Waals surface area contributed by atoms with E-state index in [0.29, 0.717) is 19.1 Å². The Morgan fingerprint density at radius 1 is 1.50 bits per heavy atom. The van der Waals surface area contributed by atoms with Gasteiger partial charge >= 0.3 is 0 Å². The van der Waals surface area contributed by atoms with Crippen LogP contribution in [0.5, 0.6) is 0 Å². The summed E-state index contributed by atoms with van der Waals surface area (Å²) in [5.74, 6) is 0.805. The lowest BCUT2D eigenvalue weighted by atomic mass is 9.78. The number of carbonyl (C=O) groups excluding carboxylic acids is 1. The zero-order valence-electron chi connectivity index (χ0n) is 12.0. The Kier molecular flexibility index (Phi) is 6.65. The molecule has 3 unspecified atom stereocenters. The van der Waals surface area contributed by atoms with E-state index in [1.54, 1.807) is 7.11 Å². The van der Waals surface area contributed by atoms with Gasteiger partial charge in [-0.05, 0) is 32.1 Å². The van der Waals surface area contributed by atoms with Gasteiger partial charge in [0.2, 0.25) is 5.91 Å². The summed E-state index contributed by atoms with van der Waals surface area (Å²) in [5, 5.41) is 0. The number of nitrogens with zero attached hydrogens (tertiary/aromatic N) is 1. The first-order valence-corrected chi connectivity index (χ1v) is 7.13. The van der Waals surface area contributed by atoms with Crippen molar-refractivity contribution in [3.63, 3.8) is 0 Å². The minimum atomic E-state index is 0.0909. The highest BCUT2D eigenvalue weighted by atomic mass is 16.5. The van der Waals surface area contributed by atoms with E-state index in [4.69, 9.17) is 10.5 Å². The van der Waals surface area contributed by atoms with Crippen LogP contribution in [0, 0.1) is 11.8 Å². The third-order valence-corrected chi connectivity index (χ3v) is 4.11. The second-order valence-corrected chi connectivity index (χ2v) is 5.39. The maximum Gasteiger partial charge on any atom is 0.225 e. The number of ether oxygens (including phenoxy) is 1. The molecule has 106 valence electrons. The Morgan fingerprint density at radius 3 is 2.78 bits per heavy atom. The number of rotatable bonds is 6. The van der Waals surface area contributed by atoms with Gasteiger partial charge in [0.15, 0.2) is 0 Å². The minimum absolute atomic E-state index is 0.0909. The van der Waals surface area contributed by atoms with Crippen LogP contribution >= 0.6 is 0 Å². The quantitative estimate of drug-likeness (QED) is 0.786. The molecule has 1 aliphatic carbocycles. The molecule has 4 heteroatoms. The van der Waals surface area contributed by atoms with E-state index in [2.05, 4.69) is 6.92 Å². The van der Waals surface area contributed by atoms with E-state index >= 15 is 0 Å². The van der Waals surface area contributed by atoms with E-state index in [0.717, 1.165) is 32.2 Å². The highest BCUT2D eigenvalue weighted by Crippen LogP contribution is 2.30. The molecule has 0 saturated heterocycles. The molecule has 1 fully saturated rings. The molecule has 0 heterocycles. The Morgan fingerprint density at radius 2 is 2.22 bits per heavy atom. The predicted molar refractivity (Wildman–Crippen MR) is 73.2 cm³/mol. The van der Waals surface area contributed by atoms with Crippen molar-refractivity contribution in [2.24, 2.45) is 17.6 Å². The van der Waals surface area contributed by atoms with E-state index in [-0.39, 0.29) is 17.9 Å². The molecule has 0 aliphatic heterocycles. The average molecular weight is 256 g/mol. The average Bonchev–Trinajstić information content (AvgIpc) is 2.38. The summed E-state index contributed by atoms with van der Waals surface area (Å²) in [6, 6.07) is 0.285. The normalized spacial score (nSPS) is 25.8. The summed E-state index contributed by atoms with van der Waals surface area (Å²) in [5.41, 5.74) is 6.01. The Hall–Kier alpha value is -0.610. The molecule has 0 bridgehead atoms. The second kappa shape index (κ2) is 7.74. The Bertz CT molecular complexity index is 258. The van der Waals surface area contributed by atoms with Crippen LogP contribution in [0.4, 0.5) is 0 Å². The van der Waals surface area contributed by atoms with Gasteiger partial charge in [0.25, 0.3) is 0 Å². The van der Waals surface area contributed by atoms with Gasteiger partial charge in [-0.2, -0.15) is 0 Å². The molecule has 1 rings (SSSR count). The number of methoxy groups -OCH3 is 1. The molecule has 0 radical (unpaired) electrons. The molecule has 1 saturated carbocycles. The Labute approximate surface area is 111 Å². The third kappa shape index (κ3) is 4.25. The zero-order chi connectivity index (χ0) is 13.5. The van der Waals surface area contributed by atoms with Crippen molar-refractivity contribution in [2.45, 2.75) is 45.6 Å². The molecule has 4 nitrogen and oxygen atoms in total. The van der Waals surface area contributed by atoms with Crippen LogP contribution in [0.15, 0.2) is 0 Å². The van der Waals surface area contributed by atoms with Gasteiger partial charge in [-0.1, -0.05) is 13.3 Å². The standard InChI is InChI=1S/C14H28N2O2/c1-4-16(8-9-18-3)14(17)11(2)12-6-5-7-13(15)10-12/h11-13H,4-10,15H2,1-3H3. The summed E-state index contributed by atoms with van der Waals surface area (Å²) in [6.07, 6.45) is 4.41. The van der Waals surface area contributed by atoms with Gasteiger partial charge in [-0.25, -0.2) is 0 Å². The number of nitrogens with two attached hydrogens (primary N) is 1. The minimum Gasteiger partial charge on any atom is -0.383 e. The van der Waals surface area contributed by atoms with Gasteiger partial charge in [0, 0.05) is 32.2 Å². The first kappa shape index (κ1) is 15.4. The van der Waals surface area contributed by atoms with E-state index in [9.17, 15) is 4.79 Å². The fraction of sp³-hybridized carbons (Fsp3) is 0.929. The molecule has 2 N–H and O–H groups in total. The van der Waals surface area contributed by atoms with Crippen LogP contribution in [0.1, 0.15) is 39.5 Å². The first-order valence-electron chi connectivity index (χ1n) is 7.13. The summed E-state index contributed by atoms with van der Waals surface area (Å²) < 4.78 is 5.05. The second-order valence-electron chi connectivity index (χ2n) is 5.39. The van der Waals surface area contributed by atoms with Crippen molar-refractivity contribution in [3.05, 3.63) is 0 Å². The monoisotopic (exact) mass is 256 g/mol. The zero-order valence-corrected chi connectivity index (χ0v) is 12.0. The van der Waals surface area contributed by atoms with Crippen LogP contribution in [0.2, 0.25) is 0 Å². The van der Waals surface area contributed by atoms with E-state index in [1.165, 1.54) is 0 Å². The Balaban J connectivity index is 2.52. The van der Waals surface area contributed by atoms with Gasteiger partial charge in [-0.15, -0.1) is 0 Å². The van der Waals surface area contributed by atoms with Crippen molar-refractivity contribution in [3.8, 4) is 0 Å². The first-order chi connectivity index (χ1) is 8.60. The molecule has 0 spiro atoms. The molecule has 1 aliphatic rings. The SMILES string of the molecule is CCN(CCOC)C(=O)C(C)C1CCCC(N)C1. The summed E-state index contributed by atoms with van der Waals surface area (Å²) in [7, 11) is 1.67. The number of hydrogen-bond acceptors (Lipinski definition) is 3.